The Labute approximate surface area is 702 Å². The van der Waals surface area contributed by atoms with Crippen LogP contribution in [0.3, 0.4) is 0 Å². The molecule has 0 aliphatic rings. The minimum Gasteiger partial charge on any atom is -0.769 e. The van der Waals surface area contributed by atoms with E-state index in [2.05, 4.69) is 141 Å². The molecule has 0 fully saturated rings. The maximum absolute atomic E-state index is 10.4. The smallest absolute Gasteiger partial charge is 0.330 e. The zero-order chi connectivity index (χ0) is 76.7. The molecule has 5 radical (unpaired) electrons. The van der Waals surface area contributed by atoms with Crippen LogP contribution >= 0.6 is 40.8 Å². The molecule has 92 heavy (non-hydrogen) atoms. The molecule has 0 spiro atoms. The number of aliphatic hydroxyl groups is 1. The van der Waals surface area contributed by atoms with E-state index in [4.69, 9.17) is 26.9 Å². The second-order valence-electron chi connectivity index (χ2n) is 23.8. The number of methoxy groups -OCH3 is 1. The van der Waals surface area contributed by atoms with Crippen molar-refractivity contribution >= 4 is 140 Å². The number of hydrogen-bond acceptors (Lipinski definition) is 16. The molecule has 0 atom stereocenters. The summed E-state index contributed by atoms with van der Waals surface area (Å²) < 4.78 is 76.2. The summed E-state index contributed by atoms with van der Waals surface area (Å²) >= 11 is 6.69. The summed E-state index contributed by atoms with van der Waals surface area (Å²) in [7, 11) is 21.5. The van der Waals surface area contributed by atoms with Gasteiger partial charge in [-0.1, -0.05) is 45.7 Å². The Bertz CT molecular complexity index is 1740. The Kier molecular flexibility index (Phi) is 235. The Morgan fingerprint density at radius 2 is 0.761 bits per heavy atom. The monoisotopic (exact) mass is 1840 g/mol. The van der Waals surface area contributed by atoms with E-state index in [9.17, 15) is 21.4 Å². The molecule has 0 aromatic carbocycles. The summed E-state index contributed by atoms with van der Waals surface area (Å²) in [6.45, 7) is 51.0. The summed E-state index contributed by atoms with van der Waals surface area (Å²) in [5.41, 5.74) is 2.26. The van der Waals surface area contributed by atoms with Crippen LogP contribution in [-0.4, -0.2) is 351 Å². The molecule has 0 aliphatic heterocycles. The third kappa shape index (κ3) is 1590. The first kappa shape index (κ1) is 168. The molecule has 2 N–H and O–H groups in total. The molecule has 0 unspecified atom stereocenters. The molecular formula is C57H164B2N10O8P4S7Y4+. The second-order valence-corrected chi connectivity index (χ2v) is 52.4. The Morgan fingerprint density at radius 3 is 0.761 bits per heavy atom. The van der Waals surface area contributed by atoms with Crippen molar-refractivity contribution in [2.45, 2.75) is 89.9 Å². The SMILES string of the molecule is C.C/C=[N+](/C)O.CB(C)C.CC(O)=[N+](C)C.CN(C)C.CN(C)C.CN=C(C)C.CN=C(C)C.CN=S(C)(C)=O.CN=S(C)(C)=[N-].CN=S(C)C.COC.CP(C)(C)=O.CP(C)(C)=S.CP(C)C.CS(C)(=O)=O.CS(C)=O.CSC.C[B-](C)C.C[PH+](C)C.[Y].[Y].[Y].[Y]. The van der Waals surface area contributed by atoms with E-state index in [-0.39, 0.29) is 146 Å². The fraction of sp³-hybridized carbons (Fsp3) is 0.930. The summed E-state index contributed by atoms with van der Waals surface area (Å²) in [6, 6.07) is -0.806. The largest absolute Gasteiger partial charge is 0.769 e. The van der Waals surface area contributed by atoms with E-state index in [0.717, 1.165) is 42.1 Å². The third-order valence-corrected chi connectivity index (χ3v) is 5.67. The van der Waals surface area contributed by atoms with Gasteiger partial charge in [-0.25, -0.2) is 47.4 Å². The van der Waals surface area contributed by atoms with Crippen LogP contribution in [0.15, 0.2) is 23.1 Å². The van der Waals surface area contributed by atoms with Crippen LogP contribution in [0.4, 0.5) is 0 Å². The van der Waals surface area contributed by atoms with Crippen molar-refractivity contribution in [2.24, 2.45) is 23.1 Å². The van der Waals surface area contributed by atoms with Crippen molar-refractivity contribution < 1.29 is 177 Å². The maximum atomic E-state index is 10.4. The molecule has 569 valence electrons. The van der Waals surface area contributed by atoms with E-state index in [1.807, 2.05) is 99.3 Å². The van der Waals surface area contributed by atoms with Crippen LogP contribution in [0.25, 0.3) is 4.78 Å². The van der Waals surface area contributed by atoms with Crippen molar-refractivity contribution in [2.75, 3.05) is 268 Å². The number of aliphatic hydroxyl groups excluding tert-OH is 1. The molecule has 0 heterocycles. The van der Waals surface area contributed by atoms with Crippen LogP contribution < -0.4 is 0 Å². The van der Waals surface area contributed by atoms with Gasteiger partial charge in [-0.3, -0.25) is 32.3 Å². The maximum Gasteiger partial charge on any atom is 0.330 e. The quantitative estimate of drug-likeness (QED) is 0.0439. The molecule has 0 saturated heterocycles. The summed E-state index contributed by atoms with van der Waals surface area (Å²) in [5, 5.41) is 16.6. The van der Waals surface area contributed by atoms with E-state index in [0.29, 0.717) is 24.5 Å². The standard InChI is InChI=1S/C4H9NO.2C4H9N.2C3H9B.C3H9N2S.C3H9NOS.C3H8NO.C3H9NS.2C3H9N.C3H9OP.C3H9PS.2C3H9P.C2H6O2S.C2H6OS.C2H6O.C2H6S.CH4.4Y/c1-4(6)5(2)3;2*1-4(2)5-3;2*1-4(2)3;1-5-6(2,3)4;1-4-6(2,3)5;1-3-4(2)5;1-4-5(2)3;2*1-4(2)3;1-5(2,3)4;1-4(2,3)5;2*1-4(2)3;1-5(2,3)4;1-4(2)3;2*1-3-2;;;;;/h1-3H3;2*1-3H3;2*1-3H3;2*1-3H3;3,5H,1-2H3;1-3H3;2*1-3H3;2*1-3H3;2*1-3H3;1-2H3;1-2H3;2*1-2H3;1H4;;;;/q;;;;2*-1;;+1;;;;;;;;;;;;;;;;/p+2/b;;;;;;;4-3-;;;;;;;;;;;;;;;;. The van der Waals surface area contributed by atoms with Crippen LogP contribution in [0.5, 0.6) is 0 Å². The van der Waals surface area contributed by atoms with Crippen LogP contribution in [0, 0.1) is 0 Å². The summed E-state index contributed by atoms with van der Waals surface area (Å²) in [6.07, 6.45) is 22.0. The van der Waals surface area contributed by atoms with Crippen molar-refractivity contribution in [3.8, 4) is 0 Å². The van der Waals surface area contributed by atoms with E-state index in [1.54, 1.807) is 157 Å². The average molecular weight is 1840 g/mol. The van der Waals surface area contributed by atoms with Gasteiger partial charge in [-0.05, 0) is 180 Å². The average Bonchev–Trinajstić information content (AvgIpc) is 3.22. The van der Waals surface area contributed by atoms with Crippen molar-refractivity contribution in [3.05, 3.63) is 4.78 Å². The topological polar surface area (TPSA) is 232 Å². The van der Waals surface area contributed by atoms with Gasteiger partial charge in [-0.15, -0.1) is 25.3 Å². The van der Waals surface area contributed by atoms with Gasteiger partial charge in [0.1, 0.15) is 30.6 Å². The van der Waals surface area contributed by atoms with E-state index < -0.39 is 53.2 Å². The van der Waals surface area contributed by atoms with Crippen molar-refractivity contribution in [1.82, 2.24) is 9.80 Å². The van der Waals surface area contributed by atoms with E-state index in [1.165, 1.54) is 0 Å². The van der Waals surface area contributed by atoms with Crippen molar-refractivity contribution in [1.29, 1.82) is 0 Å². The van der Waals surface area contributed by atoms with Gasteiger partial charge >= 0.3 is 5.90 Å². The molecule has 18 nitrogen and oxygen atoms in total. The Balaban J connectivity index is -0.0000000241. The minimum absolute atomic E-state index is 0. The van der Waals surface area contributed by atoms with Gasteiger partial charge in [0.05, 0.1) is 14.1 Å². The first-order valence-electron chi connectivity index (χ1n) is 27.2. The molecular weight excluding hydrogens is 1680 g/mol. The Hall–Kier alpha value is 4.95. The number of ether oxygens (including phenoxy) is 1. The molecule has 0 amide bonds. The van der Waals surface area contributed by atoms with Gasteiger partial charge in [0.2, 0.25) is 0 Å². The molecule has 0 bridgehead atoms. The third-order valence-electron chi connectivity index (χ3n) is 3.17. The van der Waals surface area contributed by atoms with Crippen LogP contribution in [0.1, 0.15) is 49.0 Å². The summed E-state index contributed by atoms with van der Waals surface area (Å²) in [4.78, 5) is 11.6. The fourth-order valence-electron chi connectivity index (χ4n) is 0. The zero-order valence-corrected chi connectivity index (χ0v) is 90.8. The second kappa shape index (κ2) is 129. The number of hydroxylamine groups is 1. The number of sulfone groups is 1. The predicted molar refractivity (Wildman–Crippen MR) is 455 cm³/mol. The molecule has 35 heteroatoms. The number of aliphatic imine (C=N–C) groups is 2. The molecule has 0 rings (SSSR count). The number of hydrogen-bond donors (Lipinski definition) is 2. The fourth-order valence-corrected chi connectivity index (χ4v) is 0. The number of nitrogens with zero attached hydrogens (tertiary/aromatic N) is 10. The van der Waals surface area contributed by atoms with E-state index >= 15 is 0 Å². The van der Waals surface area contributed by atoms with Gasteiger partial charge in [0, 0.05) is 277 Å². The molecule has 0 saturated carbocycles. The molecule has 0 aromatic heterocycles. The van der Waals surface area contributed by atoms with Gasteiger partial charge < -0.3 is 29.0 Å². The molecule has 0 aromatic rings. The van der Waals surface area contributed by atoms with Crippen molar-refractivity contribution in [3.63, 3.8) is 0 Å². The number of rotatable bonds is 0. The Morgan fingerprint density at radius 1 is 0.696 bits per heavy atom. The zero-order valence-electron chi connectivity index (χ0n) is 70.1. The van der Waals surface area contributed by atoms with Gasteiger partial charge in [-0.2, -0.15) is 11.8 Å². The first-order chi connectivity index (χ1) is 37.8. The predicted octanol–water partition coefficient (Wildman–Crippen LogP) is 14.2. The molecule has 0 aliphatic carbocycles. The first-order valence-corrected chi connectivity index (χ1v) is 52.6. The van der Waals surface area contributed by atoms with Gasteiger partial charge in [0.15, 0.2) is 13.3 Å². The normalized spacial score (nSPS) is 8.79. The summed E-state index contributed by atoms with van der Waals surface area (Å²) in [5.74, 6) is 0.343. The number of thioether (sulfide) groups is 1. The minimum atomic E-state index is -2.67. The van der Waals surface area contributed by atoms with Crippen LogP contribution in [-0.2, 0) is 203 Å². The van der Waals surface area contributed by atoms with Crippen LogP contribution in [0.2, 0.25) is 40.9 Å². The van der Waals surface area contributed by atoms with Gasteiger partial charge in [0.25, 0.3) is 0 Å².